The summed E-state index contributed by atoms with van der Waals surface area (Å²) in [6, 6.07) is 14.4. The first-order valence-corrected chi connectivity index (χ1v) is 11.3. The molecule has 170 valence electrons. The summed E-state index contributed by atoms with van der Waals surface area (Å²) in [6.07, 6.45) is 12.1. The molecule has 0 radical (unpaired) electrons. The summed E-state index contributed by atoms with van der Waals surface area (Å²) in [7, 11) is 1.43. The number of aromatic nitrogens is 2. The molecule has 0 unspecified atom stereocenters. The highest BCUT2D eigenvalue weighted by Gasteiger charge is 2.05. The van der Waals surface area contributed by atoms with Crippen LogP contribution in [0.1, 0.15) is 32.1 Å². The zero-order valence-electron chi connectivity index (χ0n) is 18.8. The van der Waals surface area contributed by atoms with Crippen LogP contribution < -0.4 is 10.1 Å². The number of hydrogen-bond donors (Lipinski definition) is 1. The molecule has 1 N–H and O–H groups in total. The molecule has 0 aliphatic rings. The number of carbonyl (C=O) groups is 1. The highest BCUT2D eigenvalue weighted by Crippen LogP contribution is 2.25. The van der Waals surface area contributed by atoms with Crippen LogP contribution in [0.2, 0.25) is 0 Å². The molecule has 0 saturated carbocycles. The number of benzene rings is 2. The number of nitrogens with zero attached hydrogens (tertiary/aromatic N) is 2. The van der Waals surface area contributed by atoms with Crippen molar-refractivity contribution in [1.82, 2.24) is 14.9 Å². The van der Waals surface area contributed by atoms with Gasteiger partial charge in [0.25, 0.3) is 0 Å². The fraction of sp³-hybridized carbons (Fsp3) is 0.385. The number of imidazole rings is 1. The topological polar surface area (TPSA) is 65.4 Å². The van der Waals surface area contributed by atoms with Crippen LogP contribution in [-0.4, -0.2) is 42.3 Å². The van der Waals surface area contributed by atoms with Gasteiger partial charge in [-0.05, 0) is 49.3 Å². The van der Waals surface area contributed by atoms with E-state index >= 15 is 0 Å². The molecule has 0 aliphatic heterocycles. The first kappa shape index (κ1) is 23.5. The molecule has 1 heterocycles. The third kappa shape index (κ3) is 7.85. The molecule has 32 heavy (non-hydrogen) atoms. The van der Waals surface area contributed by atoms with E-state index in [1.165, 1.54) is 18.1 Å². The molecular weight excluding hydrogens is 402 g/mol. The molecule has 0 saturated heterocycles. The minimum absolute atomic E-state index is 0.145. The zero-order valence-corrected chi connectivity index (χ0v) is 18.8. The van der Waals surface area contributed by atoms with Crippen molar-refractivity contribution in [3.63, 3.8) is 0 Å². The summed E-state index contributed by atoms with van der Waals surface area (Å²) in [5.74, 6) is 0.757. The normalized spacial score (nSPS) is 11.6. The van der Waals surface area contributed by atoms with Gasteiger partial charge in [-0.25, -0.2) is 4.98 Å². The average Bonchev–Trinajstić information content (AvgIpc) is 3.35. The van der Waals surface area contributed by atoms with Gasteiger partial charge in [0, 0.05) is 37.3 Å². The molecule has 0 spiro atoms. The number of rotatable bonds is 14. The standard InChI is InChI=1S/C26H33N3O3/c1-31-26(30)14-4-2-3-9-22(19-27-15-8-17-29-18-16-28-21-29)20-32-25-13-7-11-23-10-5-6-12-24(23)25/h5-7,9-13,16,18,21,27H,2-4,8,14-15,17,19-20H2,1H3. The fourth-order valence-electron chi connectivity index (χ4n) is 3.55. The molecule has 2 aromatic carbocycles. The SMILES string of the molecule is COC(=O)CCCCC=C(CNCCCn1ccnc1)COc1cccc2ccccc12. The largest absolute Gasteiger partial charge is 0.489 e. The quantitative estimate of drug-likeness (QED) is 0.225. The lowest BCUT2D eigenvalue weighted by molar-refractivity contribution is -0.140. The maximum atomic E-state index is 11.3. The van der Waals surface area contributed by atoms with Crippen LogP contribution in [0.5, 0.6) is 5.75 Å². The summed E-state index contributed by atoms with van der Waals surface area (Å²) in [4.78, 5) is 15.4. The van der Waals surface area contributed by atoms with Crippen LogP contribution in [0.15, 0.2) is 72.8 Å². The summed E-state index contributed by atoms with van der Waals surface area (Å²) >= 11 is 0. The van der Waals surface area contributed by atoms with Gasteiger partial charge in [0.15, 0.2) is 0 Å². The number of nitrogens with one attached hydrogen (secondary N) is 1. The van der Waals surface area contributed by atoms with Gasteiger partial charge in [0.2, 0.25) is 0 Å². The predicted molar refractivity (Wildman–Crippen MR) is 128 cm³/mol. The number of allylic oxidation sites excluding steroid dienone is 1. The van der Waals surface area contributed by atoms with E-state index in [1.54, 1.807) is 6.20 Å². The highest BCUT2D eigenvalue weighted by molar-refractivity contribution is 5.88. The van der Waals surface area contributed by atoms with Crippen molar-refractivity contribution in [3.05, 3.63) is 72.8 Å². The predicted octanol–water partition coefficient (Wildman–Crippen LogP) is 4.75. The Morgan fingerprint density at radius 2 is 2.00 bits per heavy atom. The maximum absolute atomic E-state index is 11.3. The van der Waals surface area contributed by atoms with Crippen LogP contribution in [-0.2, 0) is 16.1 Å². The van der Waals surface area contributed by atoms with E-state index in [4.69, 9.17) is 9.47 Å². The van der Waals surface area contributed by atoms with E-state index < -0.39 is 0 Å². The molecule has 3 rings (SSSR count). The highest BCUT2D eigenvalue weighted by atomic mass is 16.5. The summed E-state index contributed by atoms with van der Waals surface area (Å²) in [5, 5.41) is 5.84. The minimum Gasteiger partial charge on any atom is -0.489 e. The Labute approximate surface area is 190 Å². The number of aryl methyl sites for hydroxylation is 1. The number of hydrogen-bond acceptors (Lipinski definition) is 5. The van der Waals surface area contributed by atoms with E-state index in [-0.39, 0.29) is 5.97 Å². The van der Waals surface area contributed by atoms with E-state index in [9.17, 15) is 4.79 Å². The molecule has 0 amide bonds. The number of esters is 1. The van der Waals surface area contributed by atoms with Crippen molar-refractivity contribution >= 4 is 16.7 Å². The third-order valence-electron chi connectivity index (χ3n) is 5.34. The van der Waals surface area contributed by atoms with Gasteiger partial charge < -0.3 is 19.4 Å². The van der Waals surface area contributed by atoms with Crippen molar-refractivity contribution in [2.45, 2.75) is 38.6 Å². The summed E-state index contributed by atoms with van der Waals surface area (Å²) < 4.78 is 13.0. The lowest BCUT2D eigenvalue weighted by Gasteiger charge is -2.13. The van der Waals surface area contributed by atoms with Crippen LogP contribution in [0.4, 0.5) is 0 Å². The van der Waals surface area contributed by atoms with Crippen LogP contribution in [0.25, 0.3) is 10.8 Å². The Balaban J connectivity index is 1.51. The lowest BCUT2D eigenvalue weighted by Crippen LogP contribution is -2.22. The zero-order chi connectivity index (χ0) is 22.4. The second kappa shape index (κ2) is 13.3. The van der Waals surface area contributed by atoms with Gasteiger partial charge in [-0.15, -0.1) is 0 Å². The van der Waals surface area contributed by atoms with E-state index in [2.05, 4.69) is 39.1 Å². The molecular formula is C26H33N3O3. The van der Waals surface area contributed by atoms with Gasteiger partial charge in [-0.3, -0.25) is 4.79 Å². The van der Waals surface area contributed by atoms with Gasteiger partial charge in [-0.2, -0.15) is 0 Å². The molecule has 0 atom stereocenters. The Morgan fingerprint density at radius 3 is 2.84 bits per heavy atom. The number of fused-ring (bicyclic) bond motifs is 1. The minimum atomic E-state index is -0.145. The molecule has 0 fully saturated rings. The molecule has 0 aliphatic carbocycles. The smallest absolute Gasteiger partial charge is 0.305 e. The number of ether oxygens (including phenoxy) is 2. The van der Waals surface area contributed by atoms with Gasteiger partial charge >= 0.3 is 5.97 Å². The summed E-state index contributed by atoms with van der Waals surface area (Å²) in [5.41, 5.74) is 1.22. The number of unbranched alkanes of at least 4 members (excludes halogenated alkanes) is 2. The Hall–Kier alpha value is -3.12. The summed E-state index contributed by atoms with van der Waals surface area (Å²) in [6.45, 7) is 3.20. The number of methoxy groups -OCH3 is 1. The van der Waals surface area contributed by atoms with E-state index in [0.717, 1.165) is 56.5 Å². The van der Waals surface area contributed by atoms with Crippen LogP contribution in [0, 0.1) is 0 Å². The van der Waals surface area contributed by atoms with Crippen molar-refractivity contribution < 1.29 is 14.3 Å². The van der Waals surface area contributed by atoms with Gasteiger partial charge in [0.05, 0.1) is 13.4 Å². The van der Waals surface area contributed by atoms with Crippen LogP contribution in [0.3, 0.4) is 0 Å². The maximum Gasteiger partial charge on any atom is 0.305 e. The van der Waals surface area contributed by atoms with Crippen molar-refractivity contribution in [2.24, 2.45) is 0 Å². The average molecular weight is 436 g/mol. The van der Waals surface area contributed by atoms with Gasteiger partial charge in [0.1, 0.15) is 12.4 Å². The Kier molecular flexibility index (Phi) is 9.80. The second-order valence-electron chi connectivity index (χ2n) is 7.78. The Bertz CT molecular complexity index is 978. The van der Waals surface area contributed by atoms with Crippen molar-refractivity contribution in [2.75, 3.05) is 26.8 Å². The van der Waals surface area contributed by atoms with Crippen molar-refractivity contribution in [1.29, 1.82) is 0 Å². The first-order valence-electron chi connectivity index (χ1n) is 11.3. The molecule has 3 aromatic rings. The second-order valence-corrected chi connectivity index (χ2v) is 7.78. The van der Waals surface area contributed by atoms with E-state index in [0.29, 0.717) is 13.0 Å². The third-order valence-corrected chi connectivity index (χ3v) is 5.34. The van der Waals surface area contributed by atoms with Gasteiger partial charge in [-0.1, -0.05) is 42.5 Å². The van der Waals surface area contributed by atoms with E-state index in [1.807, 2.05) is 36.8 Å². The Morgan fingerprint density at radius 1 is 1.12 bits per heavy atom. The van der Waals surface area contributed by atoms with Crippen molar-refractivity contribution in [3.8, 4) is 5.75 Å². The molecule has 1 aromatic heterocycles. The monoisotopic (exact) mass is 435 g/mol. The molecule has 6 nitrogen and oxygen atoms in total. The fourth-order valence-corrected chi connectivity index (χ4v) is 3.55. The molecule has 0 bridgehead atoms. The molecule has 6 heteroatoms. The first-order chi connectivity index (χ1) is 15.8. The van der Waals surface area contributed by atoms with Crippen LogP contribution >= 0.6 is 0 Å². The number of carbonyl (C=O) groups excluding carboxylic acids is 1. The lowest BCUT2D eigenvalue weighted by atomic mass is 10.1.